The summed E-state index contributed by atoms with van der Waals surface area (Å²) < 4.78 is 5.14. The third kappa shape index (κ3) is 3.99. The van der Waals surface area contributed by atoms with Crippen molar-refractivity contribution in [2.45, 2.75) is 50.6 Å². The predicted octanol–water partition coefficient (Wildman–Crippen LogP) is 2.43. The molecule has 2 aliphatic rings. The normalized spacial score (nSPS) is 21.6. The third-order valence-electron chi connectivity index (χ3n) is 4.78. The van der Waals surface area contributed by atoms with Crippen molar-refractivity contribution in [2.24, 2.45) is 0 Å². The fourth-order valence-corrected chi connectivity index (χ4v) is 3.48. The van der Waals surface area contributed by atoms with Crippen molar-refractivity contribution in [3.05, 3.63) is 24.3 Å². The molecule has 0 bridgehead atoms. The van der Waals surface area contributed by atoms with E-state index in [1.165, 1.54) is 19.3 Å². The van der Waals surface area contributed by atoms with E-state index in [1.54, 1.807) is 12.0 Å². The van der Waals surface area contributed by atoms with Crippen LogP contribution in [-0.4, -0.2) is 37.7 Å². The number of rotatable bonds is 4. The number of carbonyl (C=O) groups is 2. The van der Waals surface area contributed by atoms with Gasteiger partial charge in [-0.2, -0.15) is 0 Å². The Hall–Kier alpha value is -2.24. The summed E-state index contributed by atoms with van der Waals surface area (Å²) in [4.78, 5) is 26.1. The van der Waals surface area contributed by atoms with E-state index in [1.807, 2.05) is 24.3 Å². The van der Waals surface area contributed by atoms with Crippen LogP contribution in [-0.2, 0) is 4.79 Å². The molecule has 2 fully saturated rings. The molecule has 1 aromatic carbocycles. The van der Waals surface area contributed by atoms with Gasteiger partial charge >= 0.3 is 6.03 Å². The van der Waals surface area contributed by atoms with Gasteiger partial charge in [-0.25, -0.2) is 4.79 Å². The van der Waals surface area contributed by atoms with Crippen molar-refractivity contribution in [1.82, 2.24) is 10.6 Å². The van der Waals surface area contributed by atoms with Gasteiger partial charge in [-0.1, -0.05) is 19.3 Å². The lowest BCUT2D eigenvalue weighted by atomic mass is 9.96. The first kappa shape index (κ1) is 16.6. The summed E-state index contributed by atoms with van der Waals surface area (Å²) in [7, 11) is 1.61. The molecule has 3 amide bonds. The van der Waals surface area contributed by atoms with Crippen LogP contribution >= 0.6 is 0 Å². The van der Waals surface area contributed by atoms with Crippen LogP contribution in [0.25, 0.3) is 0 Å². The predicted molar refractivity (Wildman–Crippen MR) is 92.3 cm³/mol. The Kier molecular flexibility index (Phi) is 5.23. The minimum Gasteiger partial charge on any atom is -0.497 e. The lowest BCUT2D eigenvalue weighted by molar-refractivity contribution is -0.117. The first-order chi connectivity index (χ1) is 11.7. The second-order valence-corrected chi connectivity index (χ2v) is 6.56. The van der Waals surface area contributed by atoms with Gasteiger partial charge in [-0.15, -0.1) is 0 Å². The summed E-state index contributed by atoms with van der Waals surface area (Å²) in [6.07, 6.45) is 6.05. The van der Waals surface area contributed by atoms with Crippen LogP contribution in [0.2, 0.25) is 0 Å². The Morgan fingerprint density at radius 2 is 1.75 bits per heavy atom. The average molecular weight is 331 g/mol. The van der Waals surface area contributed by atoms with Gasteiger partial charge < -0.3 is 20.3 Å². The first-order valence-corrected chi connectivity index (χ1v) is 8.67. The molecule has 6 heteroatoms. The minimum atomic E-state index is -0.156. The average Bonchev–Trinajstić information content (AvgIpc) is 2.96. The molecule has 130 valence electrons. The molecule has 6 nitrogen and oxygen atoms in total. The maximum Gasteiger partial charge on any atom is 0.315 e. The molecule has 1 atom stereocenters. The molecule has 1 aliphatic carbocycles. The molecule has 3 rings (SSSR count). The molecule has 0 aromatic heterocycles. The van der Waals surface area contributed by atoms with E-state index in [4.69, 9.17) is 4.74 Å². The fraction of sp³-hybridized carbons (Fsp3) is 0.556. The number of methoxy groups -OCH3 is 1. The number of ether oxygens (including phenoxy) is 1. The van der Waals surface area contributed by atoms with Gasteiger partial charge in [0.15, 0.2) is 0 Å². The Balaban J connectivity index is 1.52. The van der Waals surface area contributed by atoms with E-state index < -0.39 is 0 Å². The first-order valence-electron chi connectivity index (χ1n) is 8.67. The van der Waals surface area contributed by atoms with Crippen LogP contribution in [0.5, 0.6) is 5.75 Å². The zero-order valence-electron chi connectivity index (χ0n) is 14.1. The Labute approximate surface area is 142 Å². The number of hydrogen-bond donors (Lipinski definition) is 2. The van der Waals surface area contributed by atoms with E-state index in [-0.39, 0.29) is 24.0 Å². The largest absolute Gasteiger partial charge is 0.497 e. The van der Waals surface area contributed by atoms with Crippen LogP contribution in [0.4, 0.5) is 10.5 Å². The molecule has 1 aromatic rings. The Morgan fingerprint density at radius 3 is 2.42 bits per heavy atom. The molecule has 1 aliphatic heterocycles. The summed E-state index contributed by atoms with van der Waals surface area (Å²) in [6, 6.07) is 7.36. The maximum atomic E-state index is 12.2. The van der Waals surface area contributed by atoms with Crippen molar-refractivity contribution in [1.29, 1.82) is 0 Å². The molecular weight excluding hydrogens is 306 g/mol. The number of amides is 3. The van der Waals surface area contributed by atoms with E-state index in [0.717, 1.165) is 24.3 Å². The highest BCUT2D eigenvalue weighted by Gasteiger charge is 2.32. The Morgan fingerprint density at radius 1 is 1.08 bits per heavy atom. The lowest BCUT2D eigenvalue weighted by Gasteiger charge is -2.24. The second-order valence-electron chi connectivity index (χ2n) is 6.56. The molecule has 0 radical (unpaired) electrons. The molecule has 24 heavy (non-hydrogen) atoms. The quantitative estimate of drug-likeness (QED) is 0.890. The second kappa shape index (κ2) is 7.55. The summed E-state index contributed by atoms with van der Waals surface area (Å²) >= 11 is 0. The van der Waals surface area contributed by atoms with Gasteiger partial charge in [0, 0.05) is 24.7 Å². The van der Waals surface area contributed by atoms with Gasteiger partial charge in [-0.3, -0.25) is 4.79 Å². The number of anilines is 1. The van der Waals surface area contributed by atoms with Crippen molar-refractivity contribution in [2.75, 3.05) is 18.6 Å². The SMILES string of the molecule is COc1ccc(N2C[C@@H](NC(=O)NC3CCCCC3)CC2=O)cc1. The van der Waals surface area contributed by atoms with Crippen molar-refractivity contribution in [3.63, 3.8) is 0 Å². The molecule has 2 N–H and O–H groups in total. The molecule has 1 saturated carbocycles. The van der Waals surface area contributed by atoms with Crippen molar-refractivity contribution < 1.29 is 14.3 Å². The maximum absolute atomic E-state index is 12.2. The highest BCUT2D eigenvalue weighted by Crippen LogP contribution is 2.24. The van der Waals surface area contributed by atoms with Crippen LogP contribution in [0.1, 0.15) is 38.5 Å². The highest BCUT2D eigenvalue weighted by atomic mass is 16.5. The lowest BCUT2D eigenvalue weighted by Crippen LogP contribution is -2.47. The van der Waals surface area contributed by atoms with E-state index in [2.05, 4.69) is 10.6 Å². The number of nitrogens with one attached hydrogen (secondary N) is 2. The van der Waals surface area contributed by atoms with Gasteiger partial charge in [0.25, 0.3) is 0 Å². The summed E-state index contributed by atoms with van der Waals surface area (Å²) in [5.74, 6) is 0.787. The standard InChI is InChI=1S/C18H25N3O3/c1-24-16-9-7-15(8-10-16)21-12-14(11-17(21)22)20-18(23)19-13-5-3-2-4-6-13/h7-10,13-14H,2-6,11-12H2,1H3,(H2,19,20,23)/t14-/m0/s1. The Bertz CT molecular complexity index is 582. The van der Waals surface area contributed by atoms with Gasteiger partial charge in [0.1, 0.15) is 5.75 Å². The van der Waals surface area contributed by atoms with Crippen molar-refractivity contribution >= 4 is 17.6 Å². The van der Waals surface area contributed by atoms with Crippen molar-refractivity contribution in [3.8, 4) is 5.75 Å². The fourth-order valence-electron chi connectivity index (χ4n) is 3.48. The molecule has 1 heterocycles. The molecule has 1 saturated heterocycles. The number of hydrogen-bond acceptors (Lipinski definition) is 3. The van der Waals surface area contributed by atoms with Crippen LogP contribution in [0.15, 0.2) is 24.3 Å². The smallest absolute Gasteiger partial charge is 0.315 e. The topological polar surface area (TPSA) is 70.7 Å². The number of carbonyl (C=O) groups excluding carboxylic acids is 2. The summed E-state index contributed by atoms with van der Waals surface area (Å²) in [6.45, 7) is 0.503. The number of urea groups is 1. The van der Waals surface area contributed by atoms with Gasteiger partial charge in [-0.05, 0) is 37.1 Å². The zero-order valence-corrected chi connectivity index (χ0v) is 14.1. The number of benzene rings is 1. The van der Waals surface area contributed by atoms with E-state index in [0.29, 0.717) is 13.0 Å². The number of nitrogens with zero attached hydrogens (tertiary/aromatic N) is 1. The monoisotopic (exact) mass is 331 g/mol. The van der Waals surface area contributed by atoms with Gasteiger partial charge in [0.05, 0.1) is 13.2 Å². The molecular formula is C18H25N3O3. The minimum absolute atomic E-state index is 0.0307. The van der Waals surface area contributed by atoms with Crippen LogP contribution < -0.4 is 20.3 Å². The van der Waals surface area contributed by atoms with E-state index >= 15 is 0 Å². The summed E-state index contributed by atoms with van der Waals surface area (Å²) in [5.41, 5.74) is 0.831. The highest BCUT2D eigenvalue weighted by molar-refractivity contribution is 5.96. The molecule has 0 unspecified atom stereocenters. The van der Waals surface area contributed by atoms with Crippen LogP contribution in [0, 0.1) is 0 Å². The van der Waals surface area contributed by atoms with Gasteiger partial charge in [0.2, 0.25) is 5.91 Å². The van der Waals surface area contributed by atoms with E-state index in [9.17, 15) is 9.59 Å². The third-order valence-corrected chi connectivity index (χ3v) is 4.78. The zero-order chi connectivity index (χ0) is 16.9. The molecule has 0 spiro atoms. The van der Waals surface area contributed by atoms with Crippen LogP contribution in [0.3, 0.4) is 0 Å². The summed E-state index contributed by atoms with van der Waals surface area (Å²) in [5, 5.41) is 5.98.